The van der Waals surface area contributed by atoms with Crippen LogP contribution in [0.15, 0.2) is 78.2 Å². The summed E-state index contributed by atoms with van der Waals surface area (Å²) in [7, 11) is 1.30. The van der Waals surface area contributed by atoms with Crippen LogP contribution in [0.2, 0.25) is 15.1 Å². The van der Waals surface area contributed by atoms with Crippen molar-refractivity contribution in [1.29, 1.82) is 0 Å². The molecule has 1 N–H and O–H groups in total. The van der Waals surface area contributed by atoms with Crippen LogP contribution in [0.5, 0.6) is 0 Å². The number of hydrogen-bond donors (Lipinski definition) is 1. The number of hydrogen-bond acceptors (Lipinski definition) is 5. The average Bonchev–Trinajstić information content (AvgIpc) is 3.31. The van der Waals surface area contributed by atoms with Crippen LogP contribution in [0.1, 0.15) is 20.7 Å². The fraction of sp³-hybridized carbons (Fsp3) is 0.0357. The number of benzene rings is 3. The van der Waals surface area contributed by atoms with Gasteiger partial charge in [0.25, 0.3) is 5.91 Å². The third kappa shape index (κ3) is 5.06. The highest BCUT2D eigenvalue weighted by atomic mass is 35.5. The SMILES string of the molecule is COC(=O)c1c(-c2ccc(Cl)cc2)csc1NC(=O)c1cc(-c2ccc(Cl)cc2Cl)nc2ccccc12. The average molecular weight is 568 g/mol. The number of methoxy groups -OCH3 is 1. The number of rotatable bonds is 5. The molecule has 1 amide bonds. The molecule has 0 fully saturated rings. The first-order valence-corrected chi connectivity index (χ1v) is 13.0. The van der Waals surface area contributed by atoms with Crippen molar-refractivity contribution in [3.8, 4) is 22.4 Å². The van der Waals surface area contributed by atoms with Gasteiger partial charge in [-0.2, -0.15) is 0 Å². The minimum absolute atomic E-state index is 0.266. The Labute approximate surface area is 231 Å². The van der Waals surface area contributed by atoms with Gasteiger partial charge >= 0.3 is 5.97 Å². The minimum Gasteiger partial charge on any atom is -0.465 e. The van der Waals surface area contributed by atoms with Gasteiger partial charge in [0.2, 0.25) is 0 Å². The van der Waals surface area contributed by atoms with Gasteiger partial charge in [0.05, 0.1) is 28.9 Å². The maximum Gasteiger partial charge on any atom is 0.341 e. The van der Waals surface area contributed by atoms with Gasteiger partial charge in [-0.1, -0.05) is 65.1 Å². The summed E-state index contributed by atoms with van der Waals surface area (Å²) in [4.78, 5) is 31.1. The van der Waals surface area contributed by atoms with Gasteiger partial charge in [-0.3, -0.25) is 4.79 Å². The lowest BCUT2D eigenvalue weighted by atomic mass is 10.0. The minimum atomic E-state index is -0.560. The van der Waals surface area contributed by atoms with Crippen LogP contribution in [-0.2, 0) is 4.74 Å². The van der Waals surface area contributed by atoms with Crippen LogP contribution in [-0.4, -0.2) is 24.0 Å². The summed E-state index contributed by atoms with van der Waals surface area (Å²) in [5.41, 5.74) is 3.84. The first kappa shape index (κ1) is 25.2. The summed E-state index contributed by atoms with van der Waals surface area (Å²) >= 11 is 19.8. The van der Waals surface area contributed by atoms with E-state index in [0.29, 0.717) is 53.4 Å². The number of thiophene rings is 1. The van der Waals surface area contributed by atoms with Crippen LogP contribution in [0, 0.1) is 0 Å². The monoisotopic (exact) mass is 566 g/mol. The van der Waals surface area contributed by atoms with E-state index in [0.717, 1.165) is 5.56 Å². The summed E-state index contributed by atoms with van der Waals surface area (Å²) in [6, 6.07) is 21.2. The number of halogens is 3. The van der Waals surface area contributed by atoms with E-state index in [1.165, 1.54) is 18.4 Å². The van der Waals surface area contributed by atoms with Crippen LogP contribution in [0.4, 0.5) is 5.00 Å². The second-order valence-electron chi connectivity index (χ2n) is 8.00. The number of amides is 1. The number of anilines is 1. The molecule has 0 radical (unpaired) electrons. The molecule has 37 heavy (non-hydrogen) atoms. The van der Waals surface area contributed by atoms with Crippen LogP contribution < -0.4 is 5.32 Å². The first-order valence-electron chi connectivity index (χ1n) is 11.0. The van der Waals surface area contributed by atoms with E-state index >= 15 is 0 Å². The van der Waals surface area contributed by atoms with Crippen LogP contribution in [0.3, 0.4) is 0 Å². The second kappa shape index (κ2) is 10.5. The van der Waals surface area contributed by atoms with Crippen LogP contribution >= 0.6 is 46.1 Å². The molecule has 0 aliphatic heterocycles. The third-order valence-electron chi connectivity index (χ3n) is 5.73. The zero-order valence-electron chi connectivity index (χ0n) is 19.2. The van der Waals surface area contributed by atoms with E-state index < -0.39 is 11.9 Å². The molecule has 3 aromatic carbocycles. The van der Waals surface area contributed by atoms with Gasteiger partial charge in [-0.25, -0.2) is 9.78 Å². The van der Waals surface area contributed by atoms with Gasteiger partial charge < -0.3 is 10.1 Å². The Morgan fingerprint density at radius 2 is 1.62 bits per heavy atom. The van der Waals surface area contributed by atoms with E-state index in [1.807, 2.05) is 24.3 Å². The summed E-state index contributed by atoms with van der Waals surface area (Å²) in [5.74, 6) is -0.964. The van der Waals surface area contributed by atoms with Crippen molar-refractivity contribution in [2.45, 2.75) is 0 Å². The highest BCUT2D eigenvalue weighted by molar-refractivity contribution is 7.15. The number of carbonyl (C=O) groups is 2. The number of carbonyl (C=O) groups excluding carboxylic acids is 2. The lowest BCUT2D eigenvalue weighted by molar-refractivity contribution is 0.0603. The van der Waals surface area contributed by atoms with Crippen molar-refractivity contribution in [2.24, 2.45) is 0 Å². The lowest BCUT2D eigenvalue weighted by Crippen LogP contribution is -2.15. The maximum atomic E-state index is 13.6. The van der Waals surface area contributed by atoms with Crippen molar-refractivity contribution >= 4 is 73.9 Å². The van der Waals surface area contributed by atoms with Gasteiger partial charge in [-0.05, 0) is 48.0 Å². The molecule has 0 spiro atoms. The lowest BCUT2D eigenvalue weighted by Gasteiger charge is -2.12. The molecule has 0 bridgehead atoms. The molecule has 0 unspecified atom stereocenters. The molecule has 9 heteroatoms. The standard InChI is InChI=1S/C28H17Cl3N2O3S/c1-36-28(35)25-21(15-6-8-16(29)9-7-15)14-37-27(25)33-26(34)20-13-24(19-11-10-17(30)12-22(19)31)32-23-5-3-2-4-18(20)23/h2-14H,1H3,(H,33,34). The van der Waals surface area contributed by atoms with Gasteiger partial charge in [-0.15, -0.1) is 11.3 Å². The predicted molar refractivity (Wildman–Crippen MR) is 151 cm³/mol. The quantitative estimate of drug-likeness (QED) is 0.216. The van der Waals surface area contributed by atoms with Crippen molar-refractivity contribution in [1.82, 2.24) is 4.98 Å². The molecule has 2 heterocycles. The molecular formula is C28H17Cl3N2O3S. The smallest absolute Gasteiger partial charge is 0.341 e. The first-order chi connectivity index (χ1) is 17.9. The van der Waals surface area contributed by atoms with Gasteiger partial charge in [0.1, 0.15) is 10.6 Å². The van der Waals surface area contributed by atoms with Crippen molar-refractivity contribution in [2.75, 3.05) is 12.4 Å². The Hall–Kier alpha value is -3.42. The van der Waals surface area contributed by atoms with E-state index in [2.05, 4.69) is 5.32 Å². The summed E-state index contributed by atoms with van der Waals surface area (Å²) in [6.45, 7) is 0. The molecule has 0 saturated heterocycles. The summed E-state index contributed by atoms with van der Waals surface area (Å²) in [5, 5.41) is 7.23. The van der Waals surface area contributed by atoms with Crippen molar-refractivity contribution in [3.63, 3.8) is 0 Å². The number of fused-ring (bicyclic) bond motifs is 1. The third-order valence-corrected chi connectivity index (χ3v) is 7.43. The number of nitrogens with one attached hydrogen (secondary N) is 1. The Morgan fingerprint density at radius 3 is 2.35 bits per heavy atom. The highest BCUT2D eigenvalue weighted by Gasteiger charge is 2.24. The number of esters is 1. The number of nitrogens with zero attached hydrogens (tertiary/aromatic N) is 1. The summed E-state index contributed by atoms with van der Waals surface area (Å²) in [6.07, 6.45) is 0. The van der Waals surface area contributed by atoms with Gasteiger partial charge in [0.15, 0.2) is 0 Å². The summed E-state index contributed by atoms with van der Waals surface area (Å²) < 4.78 is 5.03. The zero-order valence-corrected chi connectivity index (χ0v) is 22.3. The van der Waals surface area contributed by atoms with E-state index in [-0.39, 0.29) is 5.56 Å². The number of para-hydroxylation sites is 1. The Balaban J connectivity index is 1.59. The molecule has 5 nitrogen and oxygen atoms in total. The Bertz CT molecular complexity index is 1670. The Morgan fingerprint density at radius 1 is 0.892 bits per heavy atom. The molecule has 0 aliphatic rings. The number of aromatic nitrogens is 1. The maximum absolute atomic E-state index is 13.6. The van der Waals surface area contributed by atoms with Crippen molar-refractivity contribution in [3.05, 3.63) is 104 Å². The molecule has 5 rings (SSSR count). The van der Waals surface area contributed by atoms with E-state index in [4.69, 9.17) is 44.5 Å². The number of ether oxygens (including phenoxy) is 1. The second-order valence-corrected chi connectivity index (χ2v) is 10.2. The molecule has 184 valence electrons. The largest absolute Gasteiger partial charge is 0.465 e. The molecular weight excluding hydrogens is 551 g/mol. The van der Waals surface area contributed by atoms with Crippen LogP contribution in [0.25, 0.3) is 33.3 Å². The molecule has 0 atom stereocenters. The highest BCUT2D eigenvalue weighted by Crippen LogP contribution is 2.38. The molecule has 0 saturated carbocycles. The predicted octanol–water partition coefficient (Wildman–Crippen LogP) is 8.63. The topological polar surface area (TPSA) is 68.3 Å². The fourth-order valence-electron chi connectivity index (χ4n) is 3.97. The van der Waals surface area contributed by atoms with Crippen molar-refractivity contribution < 1.29 is 14.3 Å². The van der Waals surface area contributed by atoms with E-state index in [9.17, 15) is 9.59 Å². The fourth-order valence-corrected chi connectivity index (χ4v) is 5.55. The normalized spacial score (nSPS) is 10.9. The molecule has 2 aromatic heterocycles. The Kier molecular flexibility index (Phi) is 7.17. The molecule has 5 aromatic rings. The van der Waals surface area contributed by atoms with E-state index in [1.54, 1.807) is 53.9 Å². The zero-order chi connectivity index (χ0) is 26.1. The van der Waals surface area contributed by atoms with Gasteiger partial charge in [0, 0.05) is 31.9 Å². The molecule has 0 aliphatic carbocycles. The number of pyridine rings is 1.